The Morgan fingerprint density at radius 1 is 0.627 bits per heavy atom. The largest absolute Gasteiger partial charge is 0.475 e. The van der Waals surface area contributed by atoms with Crippen LogP contribution in [0.5, 0.6) is 0 Å². The maximum atomic E-state index is 12.6. The van der Waals surface area contributed by atoms with Gasteiger partial charge in [-0.15, -0.1) is 0 Å². The molecule has 0 unspecified atom stereocenters. The van der Waals surface area contributed by atoms with Crippen LogP contribution in [0.15, 0.2) is 98.1 Å². The van der Waals surface area contributed by atoms with Gasteiger partial charge < -0.3 is 39.2 Å². The van der Waals surface area contributed by atoms with Crippen molar-refractivity contribution in [2.24, 2.45) is 0 Å². The highest BCUT2D eigenvalue weighted by atomic mass is 16.5. The van der Waals surface area contributed by atoms with Crippen molar-refractivity contribution in [1.29, 1.82) is 10.5 Å². The van der Waals surface area contributed by atoms with E-state index in [2.05, 4.69) is 134 Å². The molecule has 0 spiro atoms. The molecule has 18 heteroatoms. The summed E-state index contributed by atoms with van der Waals surface area (Å²) in [5, 5.41) is 33.3. The highest BCUT2D eigenvalue weighted by Crippen LogP contribution is 2.37. The fraction of sp³-hybridized carbons (Fsp3) is 0.333. The van der Waals surface area contributed by atoms with Gasteiger partial charge in [-0.2, -0.15) is 10.5 Å². The normalized spacial score (nSPS) is 17.2. The summed E-state index contributed by atoms with van der Waals surface area (Å²) in [6.07, 6.45) is 4.26. The van der Waals surface area contributed by atoms with Crippen molar-refractivity contribution < 1.29 is 29.0 Å². The summed E-state index contributed by atoms with van der Waals surface area (Å²) >= 11 is 0. The van der Waals surface area contributed by atoms with E-state index in [-0.39, 0.29) is 48.4 Å². The second-order valence-electron chi connectivity index (χ2n) is 19.0. The molecule has 10 rings (SSSR count). The second-order valence-corrected chi connectivity index (χ2v) is 19.0. The van der Waals surface area contributed by atoms with E-state index in [1.165, 1.54) is 46.5 Å². The van der Waals surface area contributed by atoms with E-state index in [0.717, 1.165) is 46.7 Å². The van der Waals surface area contributed by atoms with Crippen molar-refractivity contribution in [2.45, 2.75) is 64.7 Å². The average Bonchev–Trinajstić information content (AvgIpc) is 3.44. The molecule has 75 heavy (non-hydrogen) atoms. The second kappa shape index (κ2) is 22.1. The monoisotopic (exact) mass is 1010 g/mol. The summed E-state index contributed by atoms with van der Waals surface area (Å²) in [6.45, 7) is 16.6. The third-order valence-corrected chi connectivity index (χ3v) is 14.6. The van der Waals surface area contributed by atoms with Crippen LogP contribution in [0.4, 0.5) is 23.0 Å². The van der Waals surface area contributed by atoms with Gasteiger partial charge in [0.25, 0.3) is 0 Å². The van der Waals surface area contributed by atoms with Gasteiger partial charge in [0.05, 0.1) is 68.7 Å². The number of hydrogen-bond donors (Lipinski definition) is 1. The lowest BCUT2D eigenvalue weighted by atomic mass is 9.99. The molecule has 18 nitrogen and oxygen atoms in total. The molecule has 0 bridgehead atoms. The molecule has 6 heterocycles. The van der Waals surface area contributed by atoms with Gasteiger partial charge >= 0.3 is 11.9 Å². The minimum Gasteiger partial charge on any atom is -0.475 e. The topological polar surface area (TPSA) is 216 Å². The van der Waals surface area contributed by atoms with Crippen LogP contribution in [0.1, 0.15) is 67.7 Å². The molecular weight excluding hydrogens is 949 g/mol. The van der Waals surface area contributed by atoms with E-state index < -0.39 is 11.9 Å². The molecule has 2 amide bonds. The predicted octanol–water partition coefficient (Wildman–Crippen LogP) is 6.72. The van der Waals surface area contributed by atoms with Crippen LogP contribution in [0.25, 0.3) is 21.5 Å². The molecule has 0 saturated carbocycles. The summed E-state index contributed by atoms with van der Waals surface area (Å²) in [4.78, 5) is 79.4. The number of carboxylic acids is 1. The van der Waals surface area contributed by atoms with Crippen LogP contribution >= 0.6 is 0 Å². The Labute approximate surface area is 435 Å². The number of carboxylic acid groups (broad SMARTS) is 1. The number of fused-ring (bicyclic) bond motifs is 4. The zero-order chi connectivity index (χ0) is 52.9. The molecule has 4 aromatic carbocycles. The molecule has 2 atom stereocenters. The van der Waals surface area contributed by atoms with Crippen molar-refractivity contribution in [3.05, 3.63) is 143 Å². The number of anilines is 4. The fourth-order valence-corrected chi connectivity index (χ4v) is 11.0. The van der Waals surface area contributed by atoms with Gasteiger partial charge in [-0.25, -0.2) is 29.5 Å². The lowest BCUT2D eigenvalue weighted by Gasteiger charge is -2.42. The van der Waals surface area contributed by atoms with Crippen LogP contribution in [0, 0.1) is 36.5 Å². The zero-order valence-electron chi connectivity index (χ0n) is 42.4. The Balaban J connectivity index is 0.000000184. The van der Waals surface area contributed by atoms with Crippen LogP contribution in [0.3, 0.4) is 0 Å². The van der Waals surface area contributed by atoms with Gasteiger partial charge in [0.1, 0.15) is 11.6 Å². The number of esters is 1. The van der Waals surface area contributed by atoms with E-state index in [1.807, 2.05) is 17.0 Å². The SMILES string of the molecule is C=CC(=O)N1CCN(c2nc(C(=O)O)nc3c2CCN(c2cccc4cccc(C)c24)C3)C[C@@H]1CC#N.C=CC(=O)N1CCN(c2nc(C(=O)OC)nc3c2CCN(c2cccc4cccc(C)c24)C3)C[C@@H]1CC#N. The first-order valence-corrected chi connectivity index (χ1v) is 25.0. The van der Waals surface area contributed by atoms with Crippen LogP contribution in [-0.4, -0.2) is 130 Å². The minimum atomic E-state index is -1.18. The number of amides is 2. The number of rotatable bonds is 10. The lowest BCUT2D eigenvalue weighted by molar-refractivity contribution is -0.129. The number of piperazine rings is 2. The first-order chi connectivity index (χ1) is 36.3. The van der Waals surface area contributed by atoms with E-state index in [4.69, 9.17) is 4.74 Å². The number of hydrogen-bond acceptors (Lipinski definition) is 15. The Kier molecular flexibility index (Phi) is 15.0. The van der Waals surface area contributed by atoms with E-state index in [9.17, 15) is 34.8 Å². The van der Waals surface area contributed by atoms with Crippen LogP contribution < -0.4 is 19.6 Å². The van der Waals surface area contributed by atoms with E-state index in [0.29, 0.717) is 82.5 Å². The van der Waals surface area contributed by atoms with Crippen molar-refractivity contribution >= 4 is 68.3 Å². The molecule has 0 aliphatic carbocycles. The lowest BCUT2D eigenvalue weighted by Crippen LogP contribution is -2.55. The van der Waals surface area contributed by atoms with Gasteiger partial charge in [0, 0.05) is 85.6 Å². The standard InChI is InChI=1S/C29H30N6O3.C28H28N6O3/c1-4-25(36)35-16-15-34(17-21(35)11-13-30)28-22-12-14-33(18-23(22)31-27(32-28)29(37)38-3)24-10-6-9-20-8-5-7-19(2)26(20)24;1-3-24(35)34-15-14-33(16-20(34)10-12-29)27-21-11-13-32(17-22(21)30-26(31-27)28(36)37)23-9-5-8-19-7-4-6-18(2)25(19)23/h4-10,21H,1,11-12,14-18H2,2-3H3;3-9,20H,1,10-11,13-17H2,2H3,(H,36,37)/t21-;20-/m00/s1. The summed E-state index contributed by atoms with van der Waals surface area (Å²) < 4.78 is 4.97. The summed E-state index contributed by atoms with van der Waals surface area (Å²) in [6, 6.07) is 28.8. The minimum absolute atomic E-state index is 0.0126. The zero-order valence-corrected chi connectivity index (χ0v) is 42.4. The Morgan fingerprint density at radius 2 is 1.05 bits per heavy atom. The first-order valence-electron chi connectivity index (χ1n) is 25.0. The summed E-state index contributed by atoms with van der Waals surface area (Å²) in [5.74, 6) is -1.15. The van der Waals surface area contributed by atoms with Crippen molar-refractivity contribution in [3.63, 3.8) is 0 Å². The highest BCUT2D eigenvalue weighted by Gasteiger charge is 2.36. The third-order valence-electron chi connectivity index (χ3n) is 14.6. The molecule has 2 saturated heterocycles. The molecule has 6 aromatic rings. The molecule has 2 fully saturated rings. The number of aryl methyl sites for hydroxylation is 2. The number of nitrogens with zero attached hydrogens (tertiary/aromatic N) is 12. The Morgan fingerprint density at radius 3 is 1.47 bits per heavy atom. The number of carbonyl (C=O) groups excluding carboxylic acids is 3. The quantitative estimate of drug-likeness (QED) is 0.111. The molecule has 4 aliphatic heterocycles. The number of carbonyl (C=O) groups is 4. The molecule has 0 radical (unpaired) electrons. The maximum Gasteiger partial charge on any atom is 0.376 e. The van der Waals surface area contributed by atoms with Crippen molar-refractivity contribution in [1.82, 2.24) is 29.7 Å². The molecular formula is C57H58N12O6. The summed E-state index contributed by atoms with van der Waals surface area (Å²) in [7, 11) is 1.32. The smallest absolute Gasteiger partial charge is 0.376 e. The Hall–Kier alpha value is -8.90. The molecule has 382 valence electrons. The summed E-state index contributed by atoms with van der Waals surface area (Å²) in [5.41, 5.74) is 8.03. The molecule has 4 aliphatic rings. The van der Waals surface area contributed by atoms with E-state index >= 15 is 0 Å². The Bertz CT molecular complexity index is 3340. The third kappa shape index (κ3) is 10.2. The van der Waals surface area contributed by atoms with Crippen molar-refractivity contribution in [3.8, 4) is 12.1 Å². The van der Waals surface area contributed by atoms with Gasteiger partial charge in [-0.3, -0.25) is 9.59 Å². The number of aromatic nitrogens is 4. The average molecular weight is 1010 g/mol. The number of nitriles is 2. The number of methoxy groups -OCH3 is 1. The number of benzene rings is 4. The van der Waals surface area contributed by atoms with Gasteiger partial charge in [-0.1, -0.05) is 73.8 Å². The maximum absolute atomic E-state index is 12.6. The van der Waals surface area contributed by atoms with Crippen LogP contribution in [-0.2, 0) is 40.3 Å². The van der Waals surface area contributed by atoms with Gasteiger partial charge in [-0.05, 0) is 72.9 Å². The number of aromatic carboxylic acids is 1. The molecule has 1 N–H and O–H groups in total. The van der Waals surface area contributed by atoms with Crippen molar-refractivity contribution in [2.75, 3.05) is 79.1 Å². The van der Waals surface area contributed by atoms with Crippen LogP contribution in [0.2, 0.25) is 0 Å². The molecule has 2 aromatic heterocycles. The highest BCUT2D eigenvalue weighted by molar-refractivity contribution is 5.98. The van der Waals surface area contributed by atoms with Gasteiger partial charge in [0.2, 0.25) is 23.5 Å². The predicted molar refractivity (Wildman–Crippen MR) is 286 cm³/mol. The number of ether oxygens (including phenoxy) is 1. The van der Waals surface area contributed by atoms with E-state index in [1.54, 1.807) is 9.80 Å². The fourth-order valence-electron chi connectivity index (χ4n) is 11.0. The first kappa shape index (κ1) is 51.0. The van der Waals surface area contributed by atoms with Gasteiger partial charge in [0.15, 0.2) is 0 Å².